The molecule has 1 unspecified atom stereocenters. The van der Waals surface area contributed by atoms with Crippen LogP contribution in [0.5, 0.6) is 0 Å². The number of nitrogens with two attached hydrogens (primary N) is 1. The van der Waals surface area contributed by atoms with Crippen LogP contribution in [0.2, 0.25) is 0 Å². The predicted octanol–water partition coefficient (Wildman–Crippen LogP) is 4.45. The van der Waals surface area contributed by atoms with E-state index in [1.54, 1.807) is 0 Å². The van der Waals surface area contributed by atoms with Crippen molar-refractivity contribution in [3.05, 3.63) is 114 Å². The van der Waals surface area contributed by atoms with Crippen molar-refractivity contribution in [2.24, 2.45) is 10.7 Å². The van der Waals surface area contributed by atoms with Gasteiger partial charge in [0, 0.05) is 19.5 Å². The number of carbonyl (C=O) groups excluding carboxylic acids is 1. The number of nitrogens with zero attached hydrogens (tertiary/aromatic N) is 2. The van der Waals surface area contributed by atoms with E-state index < -0.39 is 39.0 Å². The normalized spacial score (nSPS) is 17.2. The molecule has 7 nitrogen and oxygen atoms in total. The number of primary amides is 1. The summed E-state index contributed by atoms with van der Waals surface area (Å²) in [5, 5.41) is 3.08. The van der Waals surface area contributed by atoms with Gasteiger partial charge < -0.3 is 11.1 Å². The van der Waals surface area contributed by atoms with E-state index in [2.05, 4.69) is 16.9 Å². The van der Waals surface area contributed by atoms with Gasteiger partial charge in [0.25, 0.3) is 0 Å². The maximum Gasteiger partial charge on any atom is 0.416 e. The standard InChI is InChI=1S/C29H28F4N4O3S/c1-20(26-35-19-28(36-26,27(34)38)17-21-5-3-2-4-6-21)15-16-37(41(39,40)25-13-11-24(30)12-14-25)18-22-7-9-23(10-8-22)29(31,32)33/h2-14H,1,15-19H2,(H2,34,38)(H,35,36). The first-order valence-electron chi connectivity index (χ1n) is 12.6. The number of aliphatic imine (C=N–C) groups is 1. The lowest BCUT2D eigenvalue weighted by Crippen LogP contribution is -2.57. The van der Waals surface area contributed by atoms with E-state index in [1.165, 1.54) is 12.1 Å². The van der Waals surface area contributed by atoms with Crippen molar-refractivity contribution in [1.29, 1.82) is 0 Å². The van der Waals surface area contributed by atoms with Crippen LogP contribution >= 0.6 is 0 Å². The number of rotatable bonds is 11. The van der Waals surface area contributed by atoms with Gasteiger partial charge in [0.1, 0.15) is 17.2 Å². The molecular formula is C29H28F4N4O3S. The number of sulfonamides is 1. The first-order chi connectivity index (χ1) is 19.3. The van der Waals surface area contributed by atoms with Crippen molar-refractivity contribution in [3.8, 4) is 0 Å². The zero-order valence-electron chi connectivity index (χ0n) is 21.9. The Morgan fingerprint density at radius 1 is 1.00 bits per heavy atom. The van der Waals surface area contributed by atoms with Gasteiger partial charge in [0.2, 0.25) is 15.9 Å². The van der Waals surface area contributed by atoms with E-state index in [1.807, 2.05) is 30.3 Å². The molecule has 1 amide bonds. The number of hydrogen-bond donors (Lipinski definition) is 2. The molecule has 1 aliphatic heterocycles. The minimum Gasteiger partial charge on any atom is -0.368 e. The van der Waals surface area contributed by atoms with Gasteiger partial charge >= 0.3 is 6.18 Å². The lowest BCUT2D eigenvalue weighted by molar-refractivity contribution is -0.137. The Bertz CT molecular complexity index is 1540. The molecule has 1 heterocycles. The first-order valence-corrected chi connectivity index (χ1v) is 14.0. The molecule has 3 aromatic rings. The van der Waals surface area contributed by atoms with Crippen LogP contribution in [0.15, 0.2) is 101 Å². The summed E-state index contributed by atoms with van der Waals surface area (Å²) in [6.07, 6.45) is -4.18. The summed E-state index contributed by atoms with van der Waals surface area (Å²) in [7, 11) is -4.18. The third kappa shape index (κ3) is 7.01. The molecule has 0 saturated heterocycles. The molecule has 3 aromatic carbocycles. The Labute approximate surface area is 235 Å². The summed E-state index contributed by atoms with van der Waals surface area (Å²) in [6, 6.07) is 17.7. The largest absolute Gasteiger partial charge is 0.416 e. The highest BCUT2D eigenvalue weighted by atomic mass is 32.2. The second-order valence-corrected chi connectivity index (χ2v) is 11.7. The highest BCUT2D eigenvalue weighted by Gasteiger charge is 2.42. The number of nitrogens with one attached hydrogen (secondary N) is 1. The summed E-state index contributed by atoms with van der Waals surface area (Å²) in [5.74, 6) is -0.908. The highest BCUT2D eigenvalue weighted by molar-refractivity contribution is 7.89. The Kier molecular flexibility index (Phi) is 8.64. The number of carbonyl (C=O) groups is 1. The molecular weight excluding hydrogens is 560 g/mol. The lowest BCUT2D eigenvalue weighted by Gasteiger charge is -2.27. The first kappa shape index (κ1) is 29.9. The topological polar surface area (TPSA) is 105 Å². The summed E-state index contributed by atoms with van der Waals surface area (Å²) in [6.45, 7) is 3.71. The molecule has 0 fully saturated rings. The summed E-state index contributed by atoms with van der Waals surface area (Å²) >= 11 is 0. The lowest BCUT2D eigenvalue weighted by atomic mass is 9.90. The van der Waals surface area contributed by atoms with Crippen molar-refractivity contribution >= 4 is 21.8 Å². The fourth-order valence-electron chi connectivity index (χ4n) is 4.41. The number of alkyl halides is 3. The summed E-state index contributed by atoms with van der Waals surface area (Å²) in [4.78, 5) is 16.7. The molecule has 1 aliphatic rings. The fourth-order valence-corrected chi connectivity index (χ4v) is 5.84. The summed E-state index contributed by atoms with van der Waals surface area (Å²) < 4.78 is 80.6. The van der Waals surface area contributed by atoms with Crippen molar-refractivity contribution in [2.75, 3.05) is 13.1 Å². The molecule has 1 atom stereocenters. The van der Waals surface area contributed by atoms with Gasteiger partial charge in [0.05, 0.1) is 17.0 Å². The van der Waals surface area contributed by atoms with Crippen LogP contribution in [-0.2, 0) is 34.0 Å². The number of halogens is 4. The van der Waals surface area contributed by atoms with Crippen LogP contribution in [0, 0.1) is 5.82 Å². The predicted molar refractivity (Wildman–Crippen MR) is 147 cm³/mol. The average molecular weight is 589 g/mol. The second kappa shape index (κ2) is 11.8. The Balaban J connectivity index is 1.52. The van der Waals surface area contributed by atoms with E-state index >= 15 is 0 Å². The average Bonchev–Trinajstić information content (AvgIpc) is 3.37. The third-order valence-corrected chi connectivity index (χ3v) is 8.63. The second-order valence-electron chi connectivity index (χ2n) is 9.74. The quantitative estimate of drug-likeness (QED) is 0.323. The monoisotopic (exact) mass is 588 g/mol. The molecule has 0 spiro atoms. The zero-order chi connectivity index (χ0) is 29.8. The van der Waals surface area contributed by atoms with Crippen LogP contribution in [0.1, 0.15) is 23.1 Å². The van der Waals surface area contributed by atoms with Gasteiger partial charge in [-0.15, -0.1) is 0 Å². The smallest absolute Gasteiger partial charge is 0.368 e. The van der Waals surface area contributed by atoms with E-state index in [-0.39, 0.29) is 37.4 Å². The summed E-state index contributed by atoms with van der Waals surface area (Å²) in [5.41, 5.74) is 5.29. The Morgan fingerprint density at radius 2 is 1.63 bits per heavy atom. The molecule has 0 aromatic heterocycles. The maximum absolute atomic E-state index is 13.5. The highest BCUT2D eigenvalue weighted by Crippen LogP contribution is 2.30. The number of benzene rings is 3. The van der Waals surface area contributed by atoms with E-state index in [0.717, 1.165) is 46.3 Å². The van der Waals surface area contributed by atoms with Gasteiger partial charge in [-0.3, -0.25) is 9.79 Å². The van der Waals surface area contributed by atoms with E-state index in [4.69, 9.17) is 5.73 Å². The molecule has 0 aliphatic carbocycles. The van der Waals surface area contributed by atoms with Crippen molar-refractivity contribution in [1.82, 2.24) is 9.62 Å². The Morgan fingerprint density at radius 3 is 2.22 bits per heavy atom. The van der Waals surface area contributed by atoms with Gasteiger partial charge in [-0.1, -0.05) is 49.0 Å². The number of amidine groups is 1. The van der Waals surface area contributed by atoms with E-state index in [9.17, 15) is 30.8 Å². The third-order valence-electron chi connectivity index (χ3n) is 6.77. The number of amides is 1. The van der Waals surface area contributed by atoms with Gasteiger partial charge in [0.15, 0.2) is 0 Å². The van der Waals surface area contributed by atoms with E-state index in [0.29, 0.717) is 17.0 Å². The molecule has 4 rings (SSSR count). The van der Waals surface area contributed by atoms with Crippen LogP contribution in [0.3, 0.4) is 0 Å². The zero-order valence-corrected chi connectivity index (χ0v) is 22.7. The Hall–Kier alpha value is -4.03. The molecule has 12 heteroatoms. The van der Waals surface area contributed by atoms with Crippen molar-refractivity contribution in [2.45, 2.75) is 36.0 Å². The molecule has 3 N–H and O–H groups in total. The molecule has 0 saturated carbocycles. The SMILES string of the molecule is C=C(CCN(Cc1ccc(C(F)(F)F)cc1)S(=O)(=O)c1ccc(F)cc1)C1=NCC(Cc2ccccc2)(C(N)=O)N1. The minimum atomic E-state index is -4.54. The van der Waals surface area contributed by atoms with Crippen molar-refractivity contribution < 1.29 is 30.8 Å². The van der Waals surface area contributed by atoms with Gasteiger partial charge in [-0.25, -0.2) is 12.8 Å². The maximum atomic E-state index is 13.5. The fraction of sp³-hybridized carbons (Fsp3) is 0.241. The molecule has 0 radical (unpaired) electrons. The van der Waals surface area contributed by atoms with Crippen LogP contribution in [-0.4, -0.2) is 43.1 Å². The van der Waals surface area contributed by atoms with Gasteiger partial charge in [-0.05, 0) is 59.5 Å². The van der Waals surface area contributed by atoms with Crippen LogP contribution < -0.4 is 11.1 Å². The van der Waals surface area contributed by atoms with Crippen molar-refractivity contribution in [3.63, 3.8) is 0 Å². The molecule has 41 heavy (non-hydrogen) atoms. The minimum absolute atomic E-state index is 0.0642. The molecule has 216 valence electrons. The van der Waals surface area contributed by atoms with Crippen LogP contribution in [0.25, 0.3) is 0 Å². The number of hydrogen-bond acceptors (Lipinski definition) is 5. The molecule has 0 bridgehead atoms. The van der Waals surface area contributed by atoms with Crippen LogP contribution in [0.4, 0.5) is 17.6 Å². The van der Waals surface area contributed by atoms with Gasteiger partial charge in [-0.2, -0.15) is 17.5 Å².